The number of benzene rings is 2. The van der Waals surface area contributed by atoms with Crippen LogP contribution in [0.1, 0.15) is 17.9 Å². The number of halogens is 2. The molecule has 1 aliphatic rings. The maximum absolute atomic E-state index is 10.9. The molecule has 1 heterocycles. The lowest BCUT2D eigenvalue weighted by Gasteiger charge is -2.15. The zero-order valence-corrected chi connectivity index (χ0v) is 16.6. The molecule has 1 unspecified atom stereocenters. The monoisotopic (exact) mass is 449 g/mol. The van der Waals surface area contributed by atoms with Crippen molar-refractivity contribution in [3.05, 3.63) is 57.8 Å². The van der Waals surface area contributed by atoms with Crippen LogP contribution in [0.5, 0.6) is 0 Å². The summed E-state index contributed by atoms with van der Waals surface area (Å²) in [5.41, 5.74) is 3.12. The van der Waals surface area contributed by atoms with Gasteiger partial charge in [0.1, 0.15) is 0 Å². The number of carboxylic acid groups (broad SMARTS) is 1. The van der Waals surface area contributed by atoms with E-state index in [9.17, 15) is 4.79 Å². The van der Waals surface area contributed by atoms with Crippen molar-refractivity contribution in [2.24, 2.45) is 0 Å². The van der Waals surface area contributed by atoms with Gasteiger partial charge in [0.15, 0.2) is 5.16 Å². The number of carboxylic acids is 1. The van der Waals surface area contributed by atoms with E-state index < -0.39 is 5.97 Å². The Labute approximate surface area is 167 Å². The summed E-state index contributed by atoms with van der Waals surface area (Å²) in [6.07, 6.45) is 0.982. The Morgan fingerprint density at radius 2 is 2.08 bits per heavy atom. The van der Waals surface area contributed by atoms with Crippen LogP contribution >= 0.6 is 39.3 Å². The molecule has 0 bridgehead atoms. The Morgan fingerprint density at radius 1 is 1.38 bits per heavy atom. The molecule has 0 amide bonds. The summed E-state index contributed by atoms with van der Waals surface area (Å²) < 4.78 is 2.23. The van der Waals surface area contributed by atoms with Gasteiger partial charge in [-0.25, -0.2) is 0 Å². The summed E-state index contributed by atoms with van der Waals surface area (Å²) in [6, 6.07) is 9.99. The van der Waals surface area contributed by atoms with E-state index in [0.29, 0.717) is 20.8 Å². The molecular weight excluding hydrogens is 438 g/mol. The van der Waals surface area contributed by atoms with Gasteiger partial charge in [-0.1, -0.05) is 59.8 Å². The third-order valence-electron chi connectivity index (χ3n) is 4.32. The summed E-state index contributed by atoms with van der Waals surface area (Å²) in [4.78, 5) is 10.9. The van der Waals surface area contributed by atoms with Crippen LogP contribution in [0.4, 0.5) is 0 Å². The molecule has 4 rings (SSSR count). The molecule has 0 radical (unpaired) electrons. The van der Waals surface area contributed by atoms with Gasteiger partial charge in [-0.15, -0.1) is 10.2 Å². The Hall–Kier alpha value is -1.83. The largest absolute Gasteiger partial charge is 0.481 e. The van der Waals surface area contributed by atoms with E-state index in [1.807, 2.05) is 24.3 Å². The van der Waals surface area contributed by atoms with Gasteiger partial charge in [-0.2, -0.15) is 0 Å². The second kappa shape index (κ2) is 6.72. The summed E-state index contributed by atoms with van der Waals surface area (Å²) in [5.74, 6) is -0.684. The highest BCUT2D eigenvalue weighted by Crippen LogP contribution is 2.50. The fourth-order valence-corrected chi connectivity index (χ4v) is 4.57. The fraction of sp³-hybridized carbons (Fsp3) is 0.167. The number of fused-ring (bicyclic) bond motifs is 1. The first-order valence-corrected chi connectivity index (χ1v) is 9.97. The second-order valence-electron chi connectivity index (χ2n) is 6.03. The highest BCUT2D eigenvalue weighted by atomic mass is 79.9. The van der Waals surface area contributed by atoms with Gasteiger partial charge >= 0.3 is 5.97 Å². The molecule has 1 aliphatic carbocycles. The van der Waals surface area contributed by atoms with Crippen molar-refractivity contribution in [1.82, 2.24) is 14.8 Å². The number of hydrogen-bond acceptors (Lipinski definition) is 4. The number of allylic oxidation sites excluding steroid dienone is 1. The molecule has 0 saturated heterocycles. The molecule has 2 aromatic carbocycles. The molecule has 3 aromatic rings. The molecule has 0 spiro atoms. The number of rotatable bonds is 5. The number of carbonyl (C=O) groups is 1. The first-order valence-electron chi connectivity index (χ1n) is 7.82. The lowest BCUT2D eigenvalue weighted by molar-refractivity contribution is -0.133. The smallest absolute Gasteiger partial charge is 0.313 e. The van der Waals surface area contributed by atoms with Crippen LogP contribution in [0.25, 0.3) is 16.5 Å². The molecule has 1 fully saturated rings. The third kappa shape index (κ3) is 3.04. The molecule has 1 aromatic heterocycles. The number of aliphatic carboxylic acids is 1. The average molecular weight is 451 g/mol. The summed E-state index contributed by atoms with van der Waals surface area (Å²) in [6.45, 7) is 4.07. The zero-order valence-electron chi connectivity index (χ0n) is 13.4. The van der Waals surface area contributed by atoms with E-state index in [-0.39, 0.29) is 5.75 Å². The molecule has 1 N–H and O–H groups in total. The highest BCUT2D eigenvalue weighted by Gasteiger charge is 2.32. The summed E-state index contributed by atoms with van der Waals surface area (Å²) >= 11 is 11.2. The molecule has 26 heavy (non-hydrogen) atoms. The quantitative estimate of drug-likeness (QED) is 0.435. The van der Waals surface area contributed by atoms with Crippen LogP contribution in [0.15, 0.2) is 52.4 Å². The van der Waals surface area contributed by atoms with Crippen molar-refractivity contribution in [2.75, 3.05) is 5.75 Å². The maximum Gasteiger partial charge on any atom is 0.313 e. The standard InChI is InChI=1S/C18H13BrClN3O2S/c1-9-6-12(9)13-7-14(20)16(11-5-3-2-4-10(11)13)23-17(19)21-22-18(23)26-8-15(24)25/h2-5,7,12H,1,6,8H2,(H,24,25). The van der Waals surface area contributed by atoms with Crippen molar-refractivity contribution in [1.29, 1.82) is 0 Å². The number of thioether (sulfide) groups is 1. The maximum atomic E-state index is 10.9. The Balaban J connectivity index is 1.93. The number of aromatic nitrogens is 3. The topological polar surface area (TPSA) is 68.0 Å². The van der Waals surface area contributed by atoms with Crippen molar-refractivity contribution >= 4 is 56.0 Å². The average Bonchev–Trinajstić information content (AvgIpc) is 3.23. The van der Waals surface area contributed by atoms with Crippen LogP contribution in [-0.4, -0.2) is 31.6 Å². The van der Waals surface area contributed by atoms with Gasteiger partial charge in [-0.3, -0.25) is 9.36 Å². The molecular formula is C18H13BrClN3O2S. The van der Waals surface area contributed by atoms with E-state index in [0.717, 1.165) is 34.6 Å². The van der Waals surface area contributed by atoms with E-state index in [1.54, 1.807) is 4.57 Å². The van der Waals surface area contributed by atoms with E-state index in [2.05, 4.69) is 38.8 Å². The first-order chi connectivity index (χ1) is 12.5. The molecule has 1 atom stereocenters. The van der Waals surface area contributed by atoms with Crippen LogP contribution < -0.4 is 0 Å². The Kier molecular flexibility index (Phi) is 4.54. The van der Waals surface area contributed by atoms with Gasteiger partial charge in [-0.05, 0) is 39.4 Å². The molecule has 132 valence electrons. The SMILES string of the molecule is C=C1CC1c1cc(Cl)c(-n2c(Br)nnc2SCC(=O)O)c2ccccc12. The van der Waals surface area contributed by atoms with E-state index in [1.165, 1.54) is 11.1 Å². The van der Waals surface area contributed by atoms with Gasteiger partial charge in [0.05, 0.1) is 16.5 Å². The highest BCUT2D eigenvalue weighted by molar-refractivity contribution is 9.10. The van der Waals surface area contributed by atoms with Crippen molar-refractivity contribution in [3.8, 4) is 5.69 Å². The second-order valence-corrected chi connectivity index (χ2v) is 8.09. The minimum absolute atomic E-state index is 0.110. The van der Waals surface area contributed by atoms with Gasteiger partial charge in [0.2, 0.25) is 4.73 Å². The zero-order chi connectivity index (χ0) is 18.4. The molecule has 0 aliphatic heterocycles. The van der Waals surface area contributed by atoms with Crippen molar-refractivity contribution in [2.45, 2.75) is 17.5 Å². The normalized spacial score (nSPS) is 16.2. The Morgan fingerprint density at radius 3 is 2.73 bits per heavy atom. The van der Waals surface area contributed by atoms with Gasteiger partial charge in [0.25, 0.3) is 0 Å². The first kappa shape index (κ1) is 17.6. The van der Waals surface area contributed by atoms with Gasteiger partial charge < -0.3 is 5.11 Å². The summed E-state index contributed by atoms with van der Waals surface area (Å²) in [7, 11) is 0. The number of nitrogens with zero attached hydrogens (tertiary/aromatic N) is 3. The van der Waals surface area contributed by atoms with E-state index >= 15 is 0 Å². The minimum atomic E-state index is -0.917. The van der Waals surface area contributed by atoms with Crippen LogP contribution in [-0.2, 0) is 4.79 Å². The third-order valence-corrected chi connectivity index (χ3v) is 6.03. The molecule has 5 nitrogen and oxygen atoms in total. The predicted octanol–water partition coefficient (Wildman–Crippen LogP) is 5.06. The van der Waals surface area contributed by atoms with Crippen molar-refractivity contribution in [3.63, 3.8) is 0 Å². The lowest BCUT2D eigenvalue weighted by Crippen LogP contribution is -2.04. The number of hydrogen-bond donors (Lipinski definition) is 1. The molecule has 8 heteroatoms. The van der Waals surface area contributed by atoms with Crippen LogP contribution in [0.3, 0.4) is 0 Å². The summed E-state index contributed by atoms with van der Waals surface area (Å²) in [5, 5.41) is 20.2. The van der Waals surface area contributed by atoms with E-state index in [4.69, 9.17) is 16.7 Å². The Bertz CT molecular complexity index is 1070. The fourth-order valence-electron chi connectivity index (χ4n) is 3.06. The minimum Gasteiger partial charge on any atom is -0.481 e. The van der Waals surface area contributed by atoms with Crippen LogP contribution in [0, 0.1) is 0 Å². The van der Waals surface area contributed by atoms with Crippen LogP contribution in [0.2, 0.25) is 5.02 Å². The lowest BCUT2D eigenvalue weighted by atomic mass is 9.99. The van der Waals surface area contributed by atoms with Gasteiger partial charge in [0, 0.05) is 11.3 Å². The predicted molar refractivity (Wildman–Crippen MR) is 106 cm³/mol. The molecule has 1 saturated carbocycles. The van der Waals surface area contributed by atoms with Crippen molar-refractivity contribution < 1.29 is 9.90 Å².